The lowest BCUT2D eigenvalue weighted by Crippen LogP contribution is -2.25. The van der Waals surface area contributed by atoms with Crippen molar-refractivity contribution in [1.82, 2.24) is 9.97 Å². The van der Waals surface area contributed by atoms with Gasteiger partial charge in [0.1, 0.15) is 17.0 Å². The minimum Gasteiger partial charge on any atom is -0.376 e. The zero-order chi connectivity index (χ0) is 16.5. The smallest absolute Gasteiger partial charge is 0.139 e. The van der Waals surface area contributed by atoms with Crippen LogP contribution in [0.2, 0.25) is 0 Å². The van der Waals surface area contributed by atoms with Crippen LogP contribution in [0.25, 0.3) is 10.2 Å². The van der Waals surface area contributed by atoms with E-state index in [1.807, 2.05) is 6.07 Å². The third kappa shape index (κ3) is 2.78. The monoisotopic (exact) mass is 339 g/mol. The van der Waals surface area contributed by atoms with Gasteiger partial charge in [0.05, 0.1) is 17.5 Å². The maximum atomic E-state index is 5.99. The summed E-state index contributed by atoms with van der Waals surface area (Å²) < 4.78 is 5.99. The van der Waals surface area contributed by atoms with Crippen LogP contribution in [-0.2, 0) is 4.74 Å². The highest BCUT2D eigenvalue weighted by Crippen LogP contribution is 2.36. The fraction of sp³-hybridized carbons (Fsp3) is 0.368. The van der Waals surface area contributed by atoms with Crippen LogP contribution >= 0.6 is 11.3 Å². The van der Waals surface area contributed by atoms with Gasteiger partial charge in [-0.25, -0.2) is 9.97 Å². The summed E-state index contributed by atoms with van der Waals surface area (Å²) in [6.07, 6.45) is 4.02. The van der Waals surface area contributed by atoms with Crippen molar-refractivity contribution in [2.75, 3.05) is 11.9 Å². The number of nitrogens with zero attached hydrogens (tertiary/aromatic N) is 2. The topological polar surface area (TPSA) is 47.0 Å². The minimum absolute atomic E-state index is 0.103. The van der Waals surface area contributed by atoms with Crippen molar-refractivity contribution in [3.63, 3.8) is 0 Å². The molecule has 3 aromatic rings. The summed E-state index contributed by atoms with van der Waals surface area (Å²) in [5, 5.41) is 4.80. The third-order valence-electron chi connectivity index (χ3n) is 4.75. The first-order valence-corrected chi connectivity index (χ1v) is 9.19. The van der Waals surface area contributed by atoms with Crippen molar-refractivity contribution in [3.8, 4) is 0 Å². The van der Waals surface area contributed by atoms with Crippen molar-refractivity contribution in [1.29, 1.82) is 0 Å². The first-order valence-electron chi connectivity index (χ1n) is 8.38. The van der Waals surface area contributed by atoms with Crippen LogP contribution < -0.4 is 5.32 Å². The van der Waals surface area contributed by atoms with Crippen LogP contribution in [0.3, 0.4) is 0 Å². The molecular weight excluding hydrogens is 318 g/mol. The van der Waals surface area contributed by atoms with E-state index < -0.39 is 0 Å². The number of rotatable bonds is 4. The zero-order valence-electron chi connectivity index (χ0n) is 14.0. The van der Waals surface area contributed by atoms with Crippen molar-refractivity contribution < 1.29 is 4.74 Å². The van der Waals surface area contributed by atoms with Gasteiger partial charge >= 0.3 is 0 Å². The number of benzene rings is 1. The van der Waals surface area contributed by atoms with E-state index in [9.17, 15) is 0 Å². The van der Waals surface area contributed by atoms with E-state index in [4.69, 9.17) is 4.74 Å². The molecular formula is C19H21N3OS. The van der Waals surface area contributed by atoms with E-state index in [0.717, 1.165) is 35.5 Å². The summed E-state index contributed by atoms with van der Waals surface area (Å²) in [7, 11) is 0. The number of aryl methyl sites for hydroxylation is 2. The van der Waals surface area contributed by atoms with Gasteiger partial charge in [0.25, 0.3) is 0 Å². The van der Waals surface area contributed by atoms with Crippen molar-refractivity contribution in [3.05, 3.63) is 52.7 Å². The van der Waals surface area contributed by atoms with Crippen molar-refractivity contribution in [2.45, 2.75) is 38.8 Å². The standard InChI is InChI=1S/C19H21N3OS/c1-12-13(2)24-19-16(12)18(20-11-21-19)22-17(15-9-6-10-23-15)14-7-4-3-5-8-14/h3-5,7-8,11,15,17H,6,9-10H2,1-2H3,(H,20,21,22)/t15-,17+/m1/s1. The van der Waals surface area contributed by atoms with E-state index in [2.05, 4.69) is 53.4 Å². The molecule has 0 unspecified atom stereocenters. The second-order valence-electron chi connectivity index (χ2n) is 6.27. The molecule has 1 aromatic carbocycles. The Labute approximate surface area is 145 Å². The summed E-state index contributed by atoms with van der Waals surface area (Å²) in [6.45, 7) is 5.12. The molecule has 3 heterocycles. The molecule has 1 N–H and O–H groups in total. The molecule has 0 radical (unpaired) electrons. The van der Waals surface area contributed by atoms with Gasteiger partial charge in [-0.1, -0.05) is 30.3 Å². The molecule has 0 amide bonds. The summed E-state index contributed by atoms with van der Waals surface area (Å²) >= 11 is 1.73. The molecule has 1 aliphatic rings. The van der Waals surface area contributed by atoms with Crippen LogP contribution in [-0.4, -0.2) is 22.7 Å². The number of fused-ring (bicyclic) bond motifs is 1. The van der Waals surface area contributed by atoms with Crippen LogP contribution in [0.5, 0.6) is 0 Å². The number of aromatic nitrogens is 2. The molecule has 0 aliphatic carbocycles. The summed E-state index contributed by atoms with van der Waals surface area (Å²) in [6, 6.07) is 10.6. The first kappa shape index (κ1) is 15.5. The quantitative estimate of drug-likeness (QED) is 0.752. The average molecular weight is 339 g/mol. The molecule has 0 spiro atoms. The van der Waals surface area contributed by atoms with Gasteiger partial charge in [-0.05, 0) is 37.8 Å². The minimum atomic E-state index is 0.103. The van der Waals surface area contributed by atoms with Gasteiger partial charge in [0, 0.05) is 11.5 Å². The lowest BCUT2D eigenvalue weighted by molar-refractivity contribution is 0.0953. The molecule has 1 fully saturated rings. The number of thiophene rings is 1. The van der Waals surface area contributed by atoms with Gasteiger partial charge in [-0.2, -0.15) is 0 Å². The lowest BCUT2D eigenvalue weighted by Gasteiger charge is -2.25. The van der Waals surface area contributed by atoms with Gasteiger partial charge in [-0.15, -0.1) is 11.3 Å². The number of nitrogens with one attached hydrogen (secondary N) is 1. The van der Waals surface area contributed by atoms with Gasteiger partial charge in [-0.3, -0.25) is 0 Å². The average Bonchev–Trinajstić information content (AvgIpc) is 3.23. The van der Waals surface area contributed by atoms with Gasteiger partial charge in [0.2, 0.25) is 0 Å². The summed E-state index contributed by atoms with van der Waals surface area (Å²) in [5.41, 5.74) is 2.50. The molecule has 1 saturated heterocycles. The fourth-order valence-electron chi connectivity index (χ4n) is 3.36. The molecule has 124 valence electrons. The van der Waals surface area contributed by atoms with Crippen LogP contribution in [0, 0.1) is 13.8 Å². The lowest BCUT2D eigenvalue weighted by atomic mass is 9.99. The third-order valence-corrected chi connectivity index (χ3v) is 5.87. The molecule has 4 rings (SSSR count). The highest BCUT2D eigenvalue weighted by atomic mass is 32.1. The van der Waals surface area contributed by atoms with E-state index in [0.29, 0.717) is 0 Å². The second kappa shape index (κ2) is 6.49. The van der Waals surface area contributed by atoms with E-state index >= 15 is 0 Å². The summed E-state index contributed by atoms with van der Waals surface area (Å²) in [5.74, 6) is 0.909. The van der Waals surface area contributed by atoms with Crippen LogP contribution in [0.4, 0.5) is 5.82 Å². The Morgan fingerprint density at radius 2 is 2.04 bits per heavy atom. The number of hydrogen-bond donors (Lipinski definition) is 1. The number of ether oxygens (including phenoxy) is 1. The largest absolute Gasteiger partial charge is 0.376 e. The molecule has 0 saturated carbocycles. The maximum absolute atomic E-state index is 5.99. The van der Waals surface area contributed by atoms with Gasteiger partial charge < -0.3 is 10.1 Å². The predicted molar refractivity (Wildman–Crippen MR) is 98.7 cm³/mol. The molecule has 0 bridgehead atoms. The zero-order valence-corrected chi connectivity index (χ0v) is 14.8. The predicted octanol–water partition coefficient (Wildman–Crippen LogP) is 4.64. The van der Waals surface area contributed by atoms with Crippen molar-refractivity contribution >= 4 is 27.4 Å². The highest BCUT2D eigenvalue weighted by molar-refractivity contribution is 7.18. The Balaban J connectivity index is 1.75. The molecule has 2 aromatic heterocycles. The fourth-order valence-corrected chi connectivity index (χ4v) is 4.35. The highest BCUT2D eigenvalue weighted by Gasteiger charge is 2.28. The number of anilines is 1. The van der Waals surface area contributed by atoms with E-state index in [-0.39, 0.29) is 12.1 Å². The van der Waals surface area contributed by atoms with E-state index in [1.54, 1.807) is 17.7 Å². The Kier molecular flexibility index (Phi) is 4.21. The Morgan fingerprint density at radius 3 is 2.79 bits per heavy atom. The molecule has 4 nitrogen and oxygen atoms in total. The second-order valence-corrected chi connectivity index (χ2v) is 7.47. The molecule has 2 atom stereocenters. The normalized spacial score (nSPS) is 18.8. The SMILES string of the molecule is Cc1sc2ncnc(N[C@@H](c3ccccc3)[C@H]3CCCO3)c2c1C. The molecule has 24 heavy (non-hydrogen) atoms. The Hall–Kier alpha value is -1.98. The Morgan fingerprint density at radius 1 is 1.21 bits per heavy atom. The maximum Gasteiger partial charge on any atom is 0.139 e. The molecule has 5 heteroatoms. The number of hydrogen-bond acceptors (Lipinski definition) is 5. The van der Waals surface area contributed by atoms with Crippen LogP contribution in [0.1, 0.15) is 34.9 Å². The molecule has 1 aliphatic heterocycles. The first-order chi connectivity index (χ1) is 11.7. The van der Waals surface area contributed by atoms with Crippen molar-refractivity contribution in [2.24, 2.45) is 0 Å². The van der Waals surface area contributed by atoms with Gasteiger partial charge in [0.15, 0.2) is 0 Å². The summed E-state index contributed by atoms with van der Waals surface area (Å²) in [4.78, 5) is 11.3. The Bertz CT molecular complexity index is 840. The van der Waals surface area contributed by atoms with Crippen LogP contribution in [0.15, 0.2) is 36.7 Å². The van der Waals surface area contributed by atoms with E-state index in [1.165, 1.54) is 16.0 Å².